The van der Waals surface area contributed by atoms with Crippen molar-refractivity contribution in [2.75, 3.05) is 26.2 Å². The van der Waals surface area contributed by atoms with Crippen LogP contribution in [0.3, 0.4) is 0 Å². The molecular weight excluding hydrogens is 276 g/mol. The maximum Gasteiger partial charge on any atom is 0.0394 e. The normalized spacial score (nSPS) is 18.4. The van der Waals surface area contributed by atoms with Crippen molar-refractivity contribution in [1.29, 1.82) is 0 Å². The molecule has 0 radical (unpaired) electrons. The van der Waals surface area contributed by atoms with Crippen LogP contribution in [0, 0.1) is 0 Å². The fraction of sp³-hybridized carbons (Fsp3) is 0.556. The van der Waals surface area contributed by atoms with E-state index in [1.54, 1.807) is 0 Å². The van der Waals surface area contributed by atoms with E-state index in [-0.39, 0.29) is 4.75 Å². The van der Waals surface area contributed by atoms with Gasteiger partial charge in [-0.05, 0) is 18.1 Å². The topological polar surface area (TPSA) is 15.3 Å². The lowest BCUT2D eigenvalue weighted by molar-refractivity contribution is 0.172. The number of rotatable bonds is 5. The van der Waals surface area contributed by atoms with Gasteiger partial charge in [0.05, 0.1) is 0 Å². The van der Waals surface area contributed by atoms with Gasteiger partial charge in [0.25, 0.3) is 0 Å². The minimum atomic E-state index is 0.234. The summed E-state index contributed by atoms with van der Waals surface area (Å²) in [7, 11) is 0. The van der Waals surface area contributed by atoms with Crippen LogP contribution < -0.4 is 5.32 Å². The predicted octanol–water partition coefficient (Wildman–Crippen LogP) is 4.10. The number of thioether (sulfide) groups is 1. The van der Waals surface area contributed by atoms with Gasteiger partial charge in [-0.3, -0.25) is 4.90 Å². The van der Waals surface area contributed by atoms with Gasteiger partial charge in [0.15, 0.2) is 0 Å². The Hall–Kier alpha value is -0.770. The van der Waals surface area contributed by atoms with Gasteiger partial charge in [-0.15, -0.1) is 18.3 Å². The fourth-order valence-electron chi connectivity index (χ4n) is 2.80. The second kappa shape index (κ2) is 7.48. The van der Waals surface area contributed by atoms with Crippen LogP contribution in [0.1, 0.15) is 38.8 Å². The van der Waals surface area contributed by atoms with E-state index in [0.29, 0.717) is 6.04 Å². The van der Waals surface area contributed by atoms with Crippen molar-refractivity contribution in [3.8, 4) is 0 Å². The van der Waals surface area contributed by atoms with Gasteiger partial charge in [0.2, 0.25) is 0 Å². The SMILES string of the molecule is C=CC[C@H](c1ccccc1SC(C)(C)C)N1CCNCC1. The van der Waals surface area contributed by atoms with Gasteiger partial charge in [0.1, 0.15) is 0 Å². The summed E-state index contributed by atoms with van der Waals surface area (Å²) in [6.07, 6.45) is 3.08. The van der Waals surface area contributed by atoms with Crippen molar-refractivity contribution in [3.05, 3.63) is 42.5 Å². The van der Waals surface area contributed by atoms with E-state index in [2.05, 4.69) is 67.9 Å². The second-order valence-electron chi connectivity index (χ2n) is 6.58. The van der Waals surface area contributed by atoms with Crippen LogP contribution >= 0.6 is 11.8 Å². The zero-order chi connectivity index (χ0) is 15.3. The molecular formula is C18H28N2S. The molecule has 2 rings (SSSR count). The molecule has 0 bridgehead atoms. The monoisotopic (exact) mass is 304 g/mol. The van der Waals surface area contributed by atoms with E-state index in [4.69, 9.17) is 0 Å². The lowest BCUT2D eigenvalue weighted by Gasteiger charge is -2.36. The van der Waals surface area contributed by atoms with E-state index in [1.807, 2.05) is 11.8 Å². The molecule has 0 aromatic heterocycles. The molecule has 1 aromatic carbocycles. The van der Waals surface area contributed by atoms with Crippen molar-refractivity contribution in [2.24, 2.45) is 0 Å². The van der Waals surface area contributed by atoms with Crippen molar-refractivity contribution < 1.29 is 0 Å². The minimum Gasteiger partial charge on any atom is -0.314 e. The molecule has 0 spiro atoms. The molecule has 1 N–H and O–H groups in total. The molecule has 1 fully saturated rings. The highest BCUT2D eigenvalue weighted by atomic mass is 32.2. The molecule has 0 unspecified atom stereocenters. The molecule has 1 saturated heterocycles. The van der Waals surface area contributed by atoms with Crippen LogP contribution in [-0.4, -0.2) is 35.8 Å². The lowest BCUT2D eigenvalue weighted by Crippen LogP contribution is -2.45. The average Bonchev–Trinajstić information content (AvgIpc) is 2.45. The first-order valence-corrected chi connectivity index (χ1v) is 8.66. The zero-order valence-electron chi connectivity index (χ0n) is 13.6. The minimum absolute atomic E-state index is 0.234. The van der Waals surface area contributed by atoms with Crippen molar-refractivity contribution in [3.63, 3.8) is 0 Å². The van der Waals surface area contributed by atoms with Crippen LogP contribution in [0.2, 0.25) is 0 Å². The lowest BCUT2D eigenvalue weighted by atomic mass is 10.0. The molecule has 1 aromatic rings. The summed E-state index contributed by atoms with van der Waals surface area (Å²) in [4.78, 5) is 4.01. The van der Waals surface area contributed by atoms with Gasteiger partial charge in [-0.1, -0.05) is 45.0 Å². The van der Waals surface area contributed by atoms with E-state index in [0.717, 1.165) is 32.6 Å². The van der Waals surface area contributed by atoms with Crippen LogP contribution in [0.4, 0.5) is 0 Å². The Bertz CT molecular complexity index is 459. The first kappa shape index (κ1) is 16.6. The van der Waals surface area contributed by atoms with E-state index in [1.165, 1.54) is 10.5 Å². The number of piperazine rings is 1. The quantitative estimate of drug-likeness (QED) is 0.651. The highest BCUT2D eigenvalue weighted by Crippen LogP contribution is 2.38. The average molecular weight is 305 g/mol. The molecule has 0 saturated carbocycles. The molecule has 3 heteroatoms. The molecule has 1 aliphatic heterocycles. The Kier molecular flexibility index (Phi) is 5.91. The maximum absolute atomic E-state index is 3.98. The number of hydrogen-bond acceptors (Lipinski definition) is 3. The molecule has 2 nitrogen and oxygen atoms in total. The number of nitrogens with zero attached hydrogens (tertiary/aromatic N) is 1. The number of nitrogens with one attached hydrogen (secondary N) is 1. The van der Waals surface area contributed by atoms with Gasteiger partial charge >= 0.3 is 0 Å². The van der Waals surface area contributed by atoms with Crippen molar-refractivity contribution in [2.45, 2.75) is 42.9 Å². The predicted molar refractivity (Wildman–Crippen MR) is 94.0 cm³/mol. The first-order valence-electron chi connectivity index (χ1n) is 7.85. The van der Waals surface area contributed by atoms with Crippen molar-refractivity contribution in [1.82, 2.24) is 10.2 Å². The summed E-state index contributed by atoms with van der Waals surface area (Å²) in [5.74, 6) is 0. The van der Waals surface area contributed by atoms with Crippen LogP contribution in [0.25, 0.3) is 0 Å². The van der Waals surface area contributed by atoms with Crippen LogP contribution in [-0.2, 0) is 0 Å². The molecule has 21 heavy (non-hydrogen) atoms. The molecule has 0 aliphatic carbocycles. The van der Waals surface area contributed by atoms with Crippen LogP contribution in [0.5, 0.6) is 0 Å². The highest BCUT2D eigenvalue weighted by molar-refractivity contribution is 8.00. The Balaban J connectivity index is 2.28. The van der Waals surface area contributed by atoms with E-state index in [9.17, 15) is 0 Å². The maximum atomic E-state index is 3.98. The van der Waals surface area contributed by atoms with Gasteiger partial charge in [-0.2, -0.15) is 0 Å². The highest BCUT2D eigenvalue weighted by Gasteiger charge is 2.24. The smallest absolute Gasteiger partial charge is 0.0394 e. The Labute approximate surface area is 134 Å². The third-order valence-electron chi connectivity index (χ3n) is 3.68. The van der Waals surface area contributed by atoms with Crippen molar-refractivity contribution >= 4 is 11.8 Å². The Morgan fingerprint density at radius 2 is 1.95 bits per heavy atom. The fourth-order valence-corrected chi connectivity index (χ4v) is 3.93. The molecule has 1 aliphatic rings. The first-order chi connectivity index (χ1) is 10.0. The molecule has 116 valence electrons. The van der Waals surface area contributed by atoms with Gasteiger partial charge in [-0.25, -0.2) is 0 Å². The number of benzene rings is 1. The third-order valence-corrected chi connectivity index (χ3v) is 4.88. The molecule has 1 heterocycles. The summed E-state index contributed by atoms with van der Waals surface area (Å²) in [6.45, 7) is 15.2. The summed E-state index contributed by atoms with van der Waals surface area (Å²) in [6, 6.07) is 9.34. The standard InChI is InChI=1S/C18H28N2S/c1-5-8-16(20-13-11-19-12-14-20)15-9-6-7-10-17(15)21-18(2,3)4/h5-7,9-10,16,19H,1,8,11-14H2,2-4H3/t16-/m1/s1. The van der Waals surface area contributed by atoms with Gasteiger partial charge < -0.3 is 5.32 Å². The Morgan fingerprint density at radius 1 is 1.29 bits per heavy atom. The summed E-state index contributed by atoms with van der Waals surface area (Å²) in [5, 5.41) is 3.44. The number of hydrogen-bond donors (Lipinski definition) is 1. The second-order valence-corrected chi connectivity index (χ2v) is 8.45. The van der Waals surface area contributed by atoms with Crippen LogP contribution in [0.15, 0.2) is 41.8 Å². The summed E-state index contributed by atoms with van der Waals surface area (Å²) < 4.78 is 0.234. The largest absolute Gasteiger partial charge is 0.314 e. The van der Waals surface area contributed by atoms with E-state index < -0.39 is 0 Å². The molecule has 1 atom stereocenters. The van der Waals surface area contributed by atoms with E-state index >= 15 is 0 Å². The summed E-state index contributed by atoms with van der Waals surface area (Å²) >= 11 is 1.97. The summed E-state index contributed by atoms with van der Waals surface area (Å²) in [5.41, 5.74) is 1.46. The zero-order valence-corrected chi connectivity index (χ0v) is 14.4. The Morgan fingerprint density at radius 3 is 2.57 bits per heavy atom. The third kappa shape index (κ3) is 4.87. The van der Waals surface area contributed by atoms with Gasteiger partial charge in [0, 0.05) is 41.9 Å². The molecule has 0 amide bonds.